The van der Waals surface area contributed by atoms with Gasteiger partial charge in [-0.05, 0) is 48.2 Å². The molecule has 3 rings (SSSR count). The van der Waals surface area contributed by atoms with E-state index in [2.05, 4.69) is 5.32 Å². The fourth-order valence-corrected chi connectivity index (χ4v) is 2.93. The number of thioether (sulfide) groups is 1. The van der Waals surface area contributed by atoms with Gasteiger partial charge in [-0.3, -0.25) is 4.79 Å². The second-order valence-corrected chi connectivity index (χ2v) is 6.30. The van der Waals surface area contributed by atoms with E-state index in [0.717, 1.165) is 21.9 Å². The minimum atomic E-state index is -0.114. The van der Waals surface area contributed by atoms with Gasteiger partial charge in [0.25, 0.3) is 5.91 Å². The molecule has 0 heterocycles. The summed E-state index contributed by atoms with van der Waals surface area (Å²) < 4.78 is 5.72. The first-order valence-electron chi connectivity index (χ1n) is 7.97. The molecular weight excluding hydrogens is 330 g/mol. The van der Waals surface area contributed by atoms with Crippen LogP contribution in [0.15, 0.2) is 83.8 Å². The highest BCUT2D eigenvalue weighted by atomic mass is 32.2. The molecule has 1 amide bonds. The largest absolute Gasteiger partial charge is 0.489 e. The number of carbonyl (C=O) groups is 1. The Kier molecular flexibility index (Phi) is 5.75. The first-order valence-corrected chi connectivity index (χ1v) is 9.20. The van der Waals surface area contributed by atoms with E-state index in [1.807, 2.05) is 85.1 Å². The van der Waals surface area contributed by atoms with Crippen molar-refractivity contribution in [2.45, 2.75) is 11.5 Å². The van der Waals surface area contributed by atoms with Crippen molar-refractivity contribution in [1.82, 2.24) is 0 Å². The van der Waals surface area contributed by atoms with Crippen molar-refractivity contribution >= 4 is 23.4 Å². The SMILES string of the molecule is CSc1ccccc1NC(=O)c1ccc(COc2ccccc2)cc1. The van der Waals surface area contributed by atoms with Crippen molar-refractivity contribution < 1.29 is 9.53 Å². The molecule has 3 aromatic carbocycles. The molecule has 3 nitrogen and oxygen atoms in total. The Morgan fingerprint density at radius 2 is 1.60 bits per heavy atom. The lowest BCUT2D eigenvalue weighted by atomic mass is 10.1. The predicted octanol–water partition coefficient (Wildman–Crippen LogP) is 5.24. The minimum Gasteiger partial charge on any atom is -0.489 e. The zero-order valence-electron chi connectivity index (χ0n) is 13.9. The number of anilines is 1. The molecule has 0 bridgehead atoms. The summed E-state index contributed by atoms with van der Waals surface area (Å²) in [5.41, 5.74) is 2.47. The summed E-state index contributed by atoms with van der Waals surface area (Å²) >= 11 is 1.61. The molecule has 0 saturated heterocycles. The fraction of sp³-hybridized carbons (Fsp3) is 0.0952. The molecule has 0 spiro atoms. The third-order valence-corrected chi connectivity index (χ3v) is 4.52. The molecular formula is C21H19NO2S. The molecule has 0 fully saturated rings. The second kappa shape index (κ2) is 8.40. The van der Waals surface area contributed by atoms with Gasteiger partial charge in [-0.15, -0.1) is 11.8 Å². The van der Waals surface area contributed by atoms with Crippen LogP contribution in [0.5, 0.6) is 5.75 Å². The molecule has 0 atom stereocenters. The third-order valence-electron chi connectivity index (χ3n) is 3.72. The standard InChI is InChI=1S/C21H19NO2S/c1-25-20-10-6-5-9-19(20)22-21(23)17-13-11-16(12-14-17)15-24-18-7-3-2-4-8-18/h2-14H,15H2,1H3,(H,22,23). The van der Waals surface area contributed by atoms with Gasteiger partial charge in [0.2, 0.25) is 0 Å². The number of ether oxygens (including phenoxy) is 1. The van der Waals surface area contributed by atoms with Crippen LogP contribution in [0.25, 0.3) is 0 Å². The molecule has 0 aliphatic heterocycles. The Bertz CT molecular complexity index is 832. The summed E-state index contributed by atoms with van der Waals surface area (Å²) in [6, 6.07) is 24.9. The van der Waals surface area contributed by atoms with Gasteiger partial charge in [0.15, 0.2) is 0 Å². The van der Waals surface area contributed by atoms with Crippen molar-refractivity contribution in [2.75, 3.05) is 11.6 Å². The van der Waals surface area contributed by atoms with Crippen LogP contribution in [0.4, 0.5) is 5.69 Å². The van der Waals surface area contributed by atoms with Crippen LogP contribution in [0.1, 0.15) is 15.9 Å². The van der Waals surface area contributed by atoms with Crippen molar-refractivity contribution in [3.63, 3.8) is 0 Å². The zero-order valence-corrected chi connectivity index (χ0v) is 14.8. The van der Waals surface area contributed by atoms with Crippen LogP contribution in [0, 0.1) is 0 Å². The molecule has 1 N–H and O–H groups in total. The molecule has 126 valence electrons. The monoisotopic (exact) mass is 349 g/mol. The lowest BCUT2D eigenvalue weighted by molar-refractivity contribution is 0.102. The van der Waals surface area contributed by atoms with Crippen LogP contribution in [0.2, 0.25) is 0 Å². The predicted molar refractivity (Wildman–Crippen MR) is 103 cm³/mol. The van der Waals surface area contributed by atoms with Crippen molar-refractivity contribution in [1.29, 1.82) is 0 Å². The number of hydrogen-bond donors (Lipinski definition) is 1. The lowest BCUT2D eigenvalue weighted by Gasteiger charge is -2.10. The van der Waals surface area contributed by atoms with Crippen LogP contribution in [-0.2, 0) is 6.61 Å². The average Bonchev–Trinajstić information content (AvgIpc) is 2.68. The molecule has 25 heavy (non-hydrogen) atoms. The summed E-state index contributed by atoms with van der Waals surface area (Å²) in [7, 11) is 0. The highest BCUT2D eigenvalue weighted by Crippen LogP contribution is 2.25. The van der Waals surface area contributed by atoms with E-state index in [9.17, 15) is 4.79 Å². The number of rotatable bonds is 6. The molecule has 0 radical (unpaired) electrons. The van der Waals surface area contributed by atoms with Crippen molar-refractivity contribution in [3.05, 3.63) is 90.0 Å². The maximum Gasteiger partial charge on any atom is 0.255 e. The normalized spacial score (nSPS) is 10.3. The third kappa shape index (κ3) is 4.64. The summed E-state index contributed by atoms with van der Waals surface area (Å²) in [4.78, 5) is 13.5. The van der Waals surface area contributed by atoms with E-state index in [1.54, 1.807) is 11.8 Å². The molecule has 4 heteroatoms. The molecule has 0 saturated carbocycles. The Hall–Kier alpha value is -2.72. The lowest BCUT2D eigenvalue weighted by Crippen LogP contribution is -2.12. The molecule has 0 aromatic heterocycles. The second-order valence-electron chi connectivity index (χ2n) is 5.45. The van der Waals surface area contributed by atoms with Crippen LogP contribution < -0.4 is 10.1 Å². The van der Waals surface area contributed by atoms with Gasteiger partial charge in [-0.1, -0.05) is 42.5 Å². The number of nitrogens with one attached hydrogen (secondary N) is 1. The quantitative estimate of drug-likeness (QED) is 0.619. The molecule has 0 aliphatic carbocycles. The Morgan fingerprint density at radius 3 is 2.32 bits per heavy atom. The van der Waals surface area contributed by atoms with Crippen molar-refractivity contribution in [2.24, 2.45) is 0 Å². The smallest absolute Gasteiger partial charge is 0.255 e. The van der Waals surface area contributed by atoms with Gasteiger partial charge in [-0.2, -0.15) is 0 Å². The summed E-state index contributed by atoms with van der Waals surface area (Å²) in [6.45, 7) is 0.473. The van der Waals surface area contributed by atoms with E-state index in [4.69, 9.17) is 4.74 Å². The summed E-state index contributed by atoms with van der Waals surface area (Å²) in [6.07, 6.45) is 1.99. The van der Waals surface area contributed by atoms with Crippen LogP contribution >= 0.6 is 11.8 Å². The van der Waals surface area contributed by atoms with E-state index in [-0.39, 0.29) is 5.91 Å². The molecule has 0 unspecified atom stereocenters. The maximum atomic E-state index is 12.4. The van der Waals surface area contributed by atoms with Gasteiger partial charge < -0.3 is 10.1 Å². The van der Waals surface area contributed by atoms with E-state index >= 15 is 0 Å². The van der Waals surface area contributed by atoms with E-state index in [0.29, 0.717) is 12.2 Å². The highest BCUT2D eigenvalue weighted by Gasteiger charge is 2.08. The Labute approximate surface area is 152 Å². The highest BCUT2D eigenvalue weighted by molar-refractivity contribution is 7.98. The van der Waals surface area contributed by atoms with Gasteiger partial charge in [0, 0.05) is 10.5 Å². The van der Waals surface area contributed by atoms with Gasteiger partial charge in [-0.25, -0.2) is 0 Å². The van der Waals surface area contributed by atoms with E-state index < -0.39 is 0 Å². The first kappa shape index (κ1) is 17.1. The number of amides is 1. The fourth-order valence-electron chi connectivity index (χ4n) is 2.38. The number of hydrogen-bond acceptors (Lipinski definition) is 3. The average molecular weight is 349 g/mol. The van der Waals surface area contributed by atoms with Gasteiger partial charge >= 0.3 is 0 Å². The van der Waals surface area contributed by atoms with Crippen LogP contribution in [0.3, 0.4) is 0 Å². The molecule has 3 aromatic rings. The number of carbonyl (C=O) groups excluding carboxylic acids is 1. The van der Waals surface area contributed by atoms with E-state index in [1.165, 1.54) is 0 Å². The summed E-state index contributed by atoms with van der Waals surface area (Å²) in [5, 5.41) is 2.96. The van der Waals surface area contributed by atoms with Gasteiger partial charge in [0.1, 0.15) is 12.4 Å². The zero-order chi connectivity index (χ0) is 17.5. The summed E-state index contributed by atoms with van der Waals surface area (Å²) in [5.74, 6) is 0.718. The Morgan fingerprint density at radius 1 is 0.920 bits per heavy atom. The first-order chi connectivity index (χ1) is 12.3. The van der Waals surface area contributed by atoms with Crippen molar-refractivity contribution in [3.8, 4) is 5.75 Å². The van der Waals surface area contributed by atoms with Gasteiger partial charge in [0.05, 0.1) is 5.69 Å². The number of para-hydroxylation sites is 2. The topological polar surface area (TPSA) is 38.3 Å². The van der Waals surface area contributed by atoms with Crippen LogP contribution in [-0.4, -0.2) is 12.2 Å². The molecule has 0 aliphatic rings. The Balaban J connectivity index is 1.62. The maximum absolute atomic E-state index is 12.4. The number of benzene rings is 3. The minimum absolute atomic E-state index is 0.114.